The number of aliphatic carboxylic acids is 1. The number of rotatable bonds is 17. The van der Waals surface area contributed by atoms with Gasteiger partial charge in [0, 0.05) is 24.8 Å². The first-order chi connectivity index (χ1) is 29.3. The Labute approximate surface area is 358 Å². The Bertz CT molecular complexity index is 2060. The number of anilines is 1. The van der Waals surface area contributed by atoms with E-state index in [-0.39, 0.29) is 74.0 Å². The number of carboxylic acids is 1. The van der Waals surface area contributed by atoms with Crippen molar-refractivity contribution in [2.45, 2.75) is 88.9 Å². The zero-order valence-electron chi connectivity index (χ0n) is 34.2. The van der Waals surface area contributed by atoms with E-state index in [1.54, 1.807) is 19.9 Å². The second-order valence-corrected chi connectivity index (χ2v) is 15.2. The number of nitrogens with two attached hydrogens (primary N) is 2. The molecule has 1 aliphatic heterocycles. The third kappa shape index (κ3) is 17.8. The molecule has 25 heteroatoms. The number of hydrazone groups is 1. The molecule has 13 N–H and O–H groups in total. The number of carbonyl (C=O) groups is 7. The molecule has 1 aromatic heterocycles. The van der Waals surface area contributed by atoms with E-state index in [1.165, 1.54) is 42.7 Å². The number of benzene rings is 1. The first-order valence-corrected chi connectivity index (χ1v) is 20.1. The average Bonchev–Trinajstić information content (AvgIpc) is 3.22. The van der Waals surface area contributed by atoms with Gasteiger partial charge in [0.05, 0.1) is 24.7 Å². The van der Waals surface area contributed by atoms with Gasteiger partial charge >= 0.3 is 5.97 Å². The molecule has 6 amide bonds. The summed E-state index contributed by atoms with van der Waals surface area (Å²) in [5.74, 6) is -6.55. The maximum absolute atomic E-state index is 13.7. The summed E-state index contributed by atoms with van der Waals surface area (Å²) in [6, 6.07) is 3.24. The third-order valence-corrected chi connectivity index (χ3v) is 9.65. The SMILES string of the molecule is C.CC(C)[C@H]1NC(=O)[C@H](CCCCNC(=O)c2ccc(N/N=C/c3ccccc3S(=O)(=O)O)nc2)NC(=O)[C@H](CC(=O)O)NC(=O)CNC(=O)[C@H](CCCN=C(N)N)NC1=O.[3H]F. The fourth-order valence-electron chi connectivity index (χ4n) is 5.65. The van der Waals surface area contributed by atoms with Crippen molar-refractivity contribution in [3.63, 3.8) is 0 Å². The quantitative estimate of drug-likeness (QED) is 0.0290. The van der Waals surface area contributed by atoms with Crippen molar-refractivity contribution in [3.8, 4) is 0 Å². The summed E-state index contributed by atoms with van der Waals surface area (Å²) in [5.41, 5.74) is 13.6. The lowest BCUT2D eigenvalue weighted by Gasteiger charge is -2.27. The van der Waals surface area contributed by atoms with Gasteiger partial charge in [0.25, 0.3) is 17.5 Å². The standard InChI is InChI=1S/C36H50N12O11S.CH4.FH/c1-20(2)30-35(56)46-23(10-7-15-40-36(37)38)32(53)42-19-28(49)44-25(16-29(50)51)34(55)45-24(33(54)47-30)9-5-6-14-39-31(52)22-12-13-27(41-17-22)48-43-18-21-8-3-4-11-26(21)60(57,58)59;;/h3-4,8,11-13,17-18,20,23-25,30H,5-7,9-10,14-16,19H2,1-2H3,(H,39,52)(H,41,48)(H,42,53)(H,44,49)(H,45,55)(H,46,56)(H,47,54)(H,50,51)(H4,37,38,40)(H,57,58,59);1H4;1H/b43-18+;;/t23-,24-,25-,30+;;/m0../s1/i/hT. The van der Waals surface area contributed by atoms with Gasteiger partial charge in [0.15, 0.2) is 5.96 Å². The van der Waals surface area contributed by atoms with Gasteiger partial charge in [0.2, 0.25) is 29.5 Å². The summed E-state index contributed by atoms with van der Waals surface area (Å²) in [6.45, 7) is 2.89. The number of nitrogens with zero attached hydrogens (tertiary/aromatic N) is 3. The van der Waals surface area contributed by atoms with Gasteiger partial charge in [-0.3, -0.25) is 53.3 Å². The van der Waals surface area contributed by atoms with Gasteiger partial charge < -0.3 is 48.5 Å². The van der Waals surface area contributed by atoms with Gasteiger partial charge in [-0.1, -0.05) is 39.5 Å². The number of hydrogen-bond donors (Lipinski definition) is 11. The highest BCUT2D eigenvalue weighted by Gasteiger charge is 2.34. The van der Waals surface area contributed by atoms with Gasteiger partial charge in [0.1, 0.15) is 34.9 Å². The van der Waals surface area contributed by atoms with Crippen molar-refractivity contribution in [3.05, 3.63) is 53.7 Å². The zero-order chi connectivity index (χ0) is 46.4. The minimum Gasteiger partial charge on any atom is -0.481 e. The number of carbonyl (C=O) groups excluding carboxylic acids is 6. The van der Waals surface area contributed by atoms with Crippen LogP contribution in [0.25, 0.3) is 0 Å². The van der Waals surface area contributed by atoms with Crippen LogP contribution in [0.2, 0.25) is 0 Å². The molecule has 0 saturated carbocycles. The van der Waals surface area contributed by atoms with Crippen LogP contribution in [0.3, 0.4) is 0 Å². The molecular weight excluding hydrogens is 840 g/mol. The molecule has 0 bridgehead atoms. The van der Waals surface area contributed by atoms with Crippen molar-refractivity contribution in [2.75, 3.05) is 25.1 Å². The van der Waals surface area contributed by atoms with Crippen LogP contribution in [-0.4, -0.2) is 122 Å². The molecule has 0 unspecified atom stereocenters. The van der Waals surface area contributed by atoms with Gasteiger partial charge in [-0.15, -0.1) is 0 Å². The van der Waals surface area contributed by atoms with E-state index >= 15 is 0 Å². The number of halogens is 1. The lowest BCUT2D eigenvalue weighted by atomic mass is 10.0. The van der Waals surface area contributed by atoms with Crippen LogP contribution in [0.1, 0.15) is 75.7 Å². The fourth-order valence-corrected chi connectivity index (χ4v) is 6.31. The van der Waals surface area contributed by atoms with Crippen molar-refractivity contribution in [1.82, 2.24) is 36.9 Å². The molecule has 2 aromatic rings. The van der Waals surface area contributed by atoms with Gasteiger partial charge in [-0.2, -0.15) is 13.5 Å². The van der Waals surface area contributed by atoms with Crippen LogP contribution in [0, 0.1) is 5.92 Å². The molecule has 23 nitrogen and oxygen atoms in total. The largest absolute Gasteiger partial charge is 0.481 e. The molecule has 0 aliphatic carbocycles. The minimum atomic E-state index is -4.47. The second-order valence-electron chi connectivity index (χ2n) is 13.8. The first-order valence-electron chi connectivity index (χ1n) is 19.1. The number of aliphatic imine (C=N–C) groups is 1. The van der Waals surface area contributed by atoms with E-state index in [0.29, 0.717) is 6.42 Å². The molecule has 1 saturated heterocycles. The lowest BCUT2D eigenvalue weighted by Crippen LogP contribution is -2.59. The number of hydrogen-bond acceptors (Lipinski definition) is 13. The molecule has 3 rings (SSSR count). The topological polar surface area (TPSA) is 368 Å². The number of amides is 6. The number of guanidine groups is 1. The minimum absolute atomic E-state index is 0. The van der Waals surface area contributed by atoms with Crippen LogP contribution in [-0.2, 0) is 38.9 Å². The number of aromatic nitrogens is 1. The maximum atomic E-state index is 13.7. The summed E-state index contributed by atoms with van der Waals surface area (Å²) >= 11 is 0. The van der Waals surface area contributed by atoms with E-state index < -0.39 is 94.6 Å². The number of nitrogens with one attached hydrogen (secondary N) is 7. The van der Waals surface area contributed by atoms with Crippen molar-refractivity contribution < 1.29 is 56.4 Å². The van der Waals surface area contributed by atoms with Gasteiger partial charge in [-0.05, 0) is 56.2 Å². The summed E-state index contributed by atoms with van der Waals surface area (Å²) < 4.78 is 45.5. The predicted molar refractivity (Wildman–Crippen MR) is 225 cm³/mol. The van der Waals surface area contributed by atoms with Crippen LogP contribution in [0.4, 0.5) is 10.5 Å². The molecule has 0 spiro atoms. The highest BCUT2D eigenvalue weighted by molar-refractivity contribution is 7.86. The Kier molecular flexibility index (Phi) is 21.4. The zero-order valence-corrected chi connectivity index (χ0v) is 34.0. The van der Waals surface area contributed by atoms with E-state index in [4.69, 9.17) is 16.2 Å². The average molecular weight is 897 g/mol. The fraction of sp³-hybridized carbons (Fsp3) is 0.459. The lowest BCUT2D eigenvalue weighted by molar-refractivity contribution is -0.141. The number of carboxylic acid groups (broad SMARTS) is 1. The highest BCUT2D eigenvalue weighted by atomic mass is 32.2. The molecule has 62 heavy (non-hydrogen) atoms. The molecule has 4 atom stereocenters. The third-order valence-electron chi connectivity index (χ3n) is 8.72. The van der Waals surface area contributed by atoms with Crippen molar-refractivity contribution in [2.24, 2.45) is 27.5 Å². The number of pyridine rings is 1. The molecule has 2 heterocycles. The Morgan fingerprint density at radius 2 is 1.58 bits per heavy atom. The normalized spacial score (nSPS) is 18.9. The molecule has 342 valence electrons. The Morgan fingerprint density at radius 1 is 0.935 bits per heavy atom. The number of unbranched alkanes of at least 4 members (excludes halogenated alkanes) is 1. The van der Waals surface area contributed by atoms with Crippen LogP contribution < -0.4 is 48.8 Å². The van der Waals surface area contributed by atoms with E-state index in [9.17, 15) is 51.6 Å². The van der Waals surface area contributed by atoms with E-state index in [0.717, 1.165) is 0 Å². The molecule has 1 aliphatic rings. The Hall–Kier alpha value is -6.76. The molecule has 0 radical (unpaired) electrons. The maximum Gasteiger partial charge on any atom is 0.305 e. The van der Waals surface area contributed by atoms with Crippen LogP contribution >= 0.6 is 0 Å². The Balaban J connectivity index is 0.00000652. The van der Waals surface area contributed by atoms with Crippen LogP contribution in [0.15, 0.2) is 57.6 Å². The summed E-state index contributed by atoms with van der Waals surface area (Å²) in [5, 5.41) is 28.4. The highest BCUT2D eigenvalue weighted by Crippen LogP contribution is 2.14. The van der Waals surface area contributed by atoms with E-state index in [2.05, 4.69) is 53.9 Å². The van der Waals surface area contributed by atoms with Crippen molar-refractivity contribution >= 4 is 69.5 Å². The predicted octanol–water partition coefficient (Wildman–Crippen LogP) is -1.28. The molecule has 1 aromatic carbocycles. The summed E-state index contributed by atoms with van der Waals surface area (Å²) in [6.07, 6.45) is 2.40. The molecule has 1 fully saturated rings. The van der Waals surface area contributed by atoms with Crippen LogP contribution in [0.5, 0.6) is 0 Å². The smallest absolute Gasteiger partial charge is 0.305 e. The monoisotopic (exact) mass is 896 g/mol. The first kappa shape index (κ1) is 51.4. The van der Waals surface area contributed by atoms with Crippen molar-refractivity contribution in [1.29, 1.82) is 1.45 Å². The Morgan fingerprint density at radius 3 is 2.21 bits per heavy atom. The van der Waals surface area contributed by atoms with Gasteiger partial charge in [-0.25, -0.2) is 4.98 Å². The summed E-state index contributed by atoms with van der Waals surface area (Å²) in [4.78, 5) is 98.4. The van der Waals surface area contributed by atoms with E-state index in [1.807, 2.05) is 0 Å². The summed E-state index contributed by atoms with van der Waals surface area (Å²) in [7, 11) is -4.47. The molecular formula is C37H55FN12O11S. The second kappa shape index (κ2) is 25.8.